The van der Waals surface area contributed by atoms with Crippen molar-refractivity contribution < 1.29 is 9.90 Å². The number of carboxylic acids is 1. The van der Waals surface area contributed by atoms with E-state index in [4.69, 9.17) is 5.11 Å². The molecule has 1 aliphatic heterocycles. The number of rotatable bonds is 3. The molecule has 2 rings (SSSR count). The molecular formula is C9H13LiN2O2S. The van der Waals surface area contributed by atoms with Gasteiger partial charge >= 0.3 is 24.8 Å². The summed E-state index contributed by atoms with van der Waals surface area (Å²) in [5, 5.41) is 8.89. The van der Waals surface area contributed by atoms with Crippen LogP contribution >= 0.6 is 11.3 Å². The zero-order valence-electron chi connectivity index (χ0n) is 7.77. The summed E-state index contributed by atoms with van der Waals surface area (Å²) in [6.45, 7) is 3.10. The van der Waals surface area contributed by atoms with E-state index in [0.717, 1.165) is 24.5 Å². The molecule has 0 amide bonds. The van der Waals surface area contributed by atoms with E-state index in [9.17, 15) is 4.79 Å². The number of likely N-dealkylation sites (tertiary alicyclic amines) is 1. The van der Waals surface area contributed by atoms with Gasteiger partial charge in [-0.2, -0.15) is 0 Å². The van der Waals surface area contributed by atoms with E-state index < -0.39 is 5.97 Å². The van der Waals surface area contributed by atoms with E-state index in [0.29, 0.717) is 0 Å². The number of thiazole rings is 1. The first kappa shape index (κ1) is 12.7. The van der Waals surface area contributed by atoms with Gasteiger partial charge in [0.25, 0.3) is 0 Å². The normalized spacial score (nSPS) is 16.3. The number of hydrogen-bond acceptors (Lipinski definition) is 4. The van der Waals surface area contributed by atoms with Crippen LogP contribution in [0.15, 0.2) is 6.20 Å². The predicted octanol–water partition coefficient (Wildman–Crippen LogP) is 0.789. The number of aromatic nitrogens is 1. The van der Waals surface area contributed by atoms with E-state index in [1.165, 1.54) is 24.2 Å². The number of hydrogen-bond donors (Lipinski definition) is 1. The molecular weight excluding hydrogens is 207 g/mol. The Morgan fingerprint density at radius 1 is 1.53 bits per heavy atom. The molecule has 1 aromatic heterocycles. The fraction of sp³-hybridized carbons (Fsp3) is 0.556. The Kier molecular flexibility index (Phi) is 4.80. The van der Waals surface area contributed by atoms with Crippen LogP contribution in [0.5, 0.6) is 0 Å². The molecule has 1 aliphatic rings. The van der Waals surface area contributed by atoms with Gasteiger partial charge in [0.05, 0.1) is 0 Å². The Balaban J connectivity index is 0.00000112. The van der Waals surface area contributed by atoms with Gasteiger partial charge in [-0.25, -0.2) is 9.78 Å². The molecule has 0 radical (unpaired) electrons. The minimum atomic E-state index is -0.928. The molecule has 4 nitrogen and oxygen atoms in total. The van der Waals surface area contributed by atoms with E-state index in [-0.39, 0.29) is 23.9 Å². The summed E-state index contributed by atoms with van der Waals surface area (Å²) in [5.74, 6) is -0.928. The monoisotopic (exact) mass is 220 g/mol. The molecule has 1 saturated heterocycles. The quantitative estimate of drug-likeness (QED) is 0.765. The van der Waals surface area contributed by atoms with Crippen LogP contribution in [0, 0.1) is 0 Å². The predicted molar refractivity (Wildman–Crippen MR) is 60.7 cm³/mol. The third-order valence-corrected chi connectivity index (χ3v) is 3.28. The first-order valence-electron chi connectivity index (χ1n) is 4.66. The maximum absolute atomic E-state index is 10.6. The van der Waals surface area contributed by atoms with Crippen LogP contribution in [-0.4, -0.2) is 52.9 Å². The Labute approximate surface area is 104 Å². The molecule has 0 aliphatic carbocycles. The summed E-state index contributed by atoms with van der Waals surface area (Å²) in [7, 11) is 0. The second-order valence-corrected chi connectivity index (χ2v) is 4.54. The second kappa shape index (κ2) is 5.66. The van der Waals surface area contributed by atoms with Crippen LogP contribution in [0.2, 0.25) is 0 Å². The Morgan fingerprint density at radius 2 is 2.20 bits per heavy atom. The third kappa shape index (κ3) is 3.32. The van der Waals surface area contributed by atoms with Crippen molar-refractivity contribution in [1.29, 1.82) is 0 Å². The zero-order valence-corrected chi connectivity index (χ0v) is 8.59. The van der Waals surface area contributed by atoms with Gasteiger partial charge in [-0.3, -0.25) is 4.90 Å². The number of aromatic carboxylic acids is 1. The third-order valence-electron chi connectivity index (χ3n) is 2.31. The Hall–Kier alpha value is -0.343. The zero-order chi connectivity index (χ0) is 9.97. The average molecular weight is 220 g/mol. The summed E-state index contributed by atoms with van der Waals surface area (Å²) in [6.07, 6.45) is 4.18. The van der Waals surface area contributed by atoms with Crippen LogP contribution in [0.3, 0.4) is 0 Å². The van der Waals surface area contributed by atoms with Gasteiger partial charge in [0.2, 0.25) is 5.01 Å². The van der Waals surface area contributed by atoms with Crippen molar-refractivity contribution in [2.24, 2.45) is 0 Å². The summed E-state index contributed by atoms with van der Waals surface area (Å²) >= 11 is 1.28. The van der Waals surface area contributed by atoms with E-state index in [1.807, 2.05) is 0 Å². The van der Waals surface area contributed by atoms with Gasteiger partial charge in [-0.05, 0) is 25.9 Å². The van der Waals surface area contributed by atoms with Crippen molar-refractivity contribution in [1.82, 2.24) is 9.88 Å². The molecule has 0 aromatic carbocycles. The van der Waals surface area contributed by atoms with Crippen molar-refractivity contribution in [2.75, 3.05) is 13.1 Å². The Bertz CT molecular complexity index is 337. The van der Waals surface area contributed by atoms with Gasteiger partial charge in [0.1, 0.15) is 0 Å². The second-order valence-electron chi connectivity index (χ2n) is 3.42. The van der Waals surface area contributed by atoms with E-state index in [1.54, 1.807) is 6.20 Å². The standard InChI is InChI=1S/C9H12N2O2S.Li.H/c12-9(13)8-10-5-7(14-8)6-11-3-1-2-4-11;;/h5H,1-4,6H2,(H,12,13);;. The van der Waals surface area contributed by atoms with Gasteiger partial charge in [-0.15, -0.1) is 11.3 Å². The number of carbonyl (C=O) groups is 1. The van der Waals surface area contributed by atoms with Crippen molar-refractivity contribution >= 4 is 36.2 Å². The molecule has 0 unspecified atom stereocenters. The van der Waals surface area contributed by atoms with Gasteiger partial charge in [0, 0.05) is 17.6 Å². The van der Waals surface area contributed by atoms with Crippen molar-refractivity contribution in [3.8, 4) is 0 Å². The molecule has 1 aromatic rings. The van der Waals surface area contributed by atoms with Crippen LogP contribution < -0.4 is 0 Å². The van der Waals surface area contributed by atoms with Crippen LogP contribution in [0.25, 0.3) is 0 Å². The molecule has 15 heavy (non-hydrogen) atoms. The maximum atomic E-state index is 10.6. The fourth-order valence-corrected chi connectivity index (χ4v) is 2.43. The van der Waals surface area contributed by atoms with Crippen LogP contribution in [0.4, 0.5) is 0 Å². The summed E-state index contributed by atoms with van der Waals surface area (Å²) in [6, 6.07) is 0. The molecule has 2 heterocycles. The molecule has 0 bridgehead atoms. The molecule has 0 atom stereocenters. The van der Waals surface area contributed by atoms with Gasteiger partial charge in [-0.1, -0.05) is 0 Å². The molecule has 1 fully saturated rings. The first-order valence-corrected chi connectivity index (χ1v) is 5.48. The first-order chi connectivity index (χ1) is 6.75. The summed E-state index contributed by atoms with van der Waals surface area (Å²) in [5.41, 5.74) is 0. The number of nitrogens with zero attached hydrogens (tertiary/aromatic N) is 2. The SMILES string of the molecule is O=C(O)c1ncc(CN2CCCC2)s1.[LiH]. The van der Waals surface area contributed by atoms with Crippen molar-refractivity contribution in [2.45, 2.75) is 19.4 Å². The van der Waals surface area contributed by atoms with Gasteiger partial charge < -0.3 is 5.11 Å². The Morgan fingerprint density at radius 3 is 2.73 bits per heavy atom. The summed E-state index contributed by atoms with van der Waals surface area (Å²) in [4.78, 5) is 17.8. The van der Waals surface area contributed by atoms with Crippen LogP contribution in [0.1, 0.15) is 27.5 Å². The van der Waals surface area contributed by atoms with Crippen LogP contribution in [-0.2, 0) is 6.54 Å². The van der Waals surface area contributed by atoms with Crippen molar-refractivity contribution in [3.05, 3.63) is 16.1 Å². The molecule has 6 heteroatoms. The minimum absolute atomic E-state index is 0. The average Bonchev–Trinajstić information content (AvgIpc) is 2.75. The fourth-order valence-electron chi connectivity index (χ4n) is 1.64. The molecule has 78 valence electrons. The molecule has 1 N–H and O–H groups in total. The topological polar surface area (TPSA) is 53.4 Å². The molecule has 0 saturated carbocycles. The summed E-state index contributed by atoms with van der Waals surface area (Å²) < 4.78 is 0. The molecule has 0 spiro atoms. The van der Waals surface area contributed by atoms with Gasteiger partial charge in [0.15, 0.2) is 0 Å². The number of carboxylic acid groups (broad SMARTS) is 1. The van der Waals surface area contributed by atoms with E-state index in [2.05, 4.69) is 9.88 Å². The van der Waals surface area contributed by atoms with E-state index >= 15 is 0 Å². The van der Waals surface area contributed by atoms with Crippen molar-refractivity contribution in [3.63, 3.8) is 0 Å².